The quantitative estimate of drug-likeness (QED) is 0.531. The summed E-state index contributed by atoms with van der Waals surface area (Å²) in [7, 11) is 0. The largest absolute Gasteiger partial charge is 0.330 e. The first-order valence-corrected chi connectivity index (χ1v) is 10.2. The molecular weight excluding hydrogens is 423 g/mol. The molecule has 2 amide bonds. The highest BCUT2D eigenvalue weighted by atomic mass is 35.5. The SMILES string of the molecule is CCCN(CC(=O)Nc1cc(Cl)ccc1Cl)C(=O)/C=C/c1cnc2ccccc2n1. The van der Waals surface area contributed by atoms with E-state index in [1.807, 2.05) is 31.2 Å². The Morgan fingerprint density at radius 1 is 1.13 bits per heavy atom. The van der Waals surface area contributed by atoms with Gasteiger partial charge in [-0.25, -0.2) is 4.98 Å². The van der Waals surface area contributed by atoms with Crippen LogP contribution in [0.25, 0.3) is 17.1 Å². The Hall–Kier alpha value is -2.96. The van der Waals surface area contributed by atoms with E-state index in [0.717, 1.165) is 11.0 Å². The maximum atomic E-state index is 12.6. The number of amides is 2. The highest BCUT2D eigenvalue weighted by Gasteiger charge is 2.15. The minimum atomic E-state index is -0.361. The molecule has 0 saturated heterocycles. The van der Waals surface area contributed by atoms with Crippen LogP contribution in [-0.4, -0.2) is 39.8 Å². The molecule has 154 valence electrons. The molecule has 8 heteroatoms. The van der Waals surface area contributed by atoms with E-state index in [1.165, 1.54) is 11.0 Å². The van der Waals surface area contributed by atoms with Crippen molar-refractivity contribution in [2.24, 2.45) is 0 Å². The second-order valence-electron chi connectivity index (χ2n) is 6.55. The number of nitrogens with zero attached hydrogens (tertiary/aromatic N) is 3. The fourth-order valence-electron chi connectivity index (χ4n) is 2.81. The summed E-state index contributed by atoms with van der Waals surface area (Å²) in [4.78, 5) is 35.3. The number of carbonyl (C=O) groups is 2. The molecule has 3 rings (SSSR count). The third-order valence-corrected chi connectivity index (χ3v) is 4.77. The molecule has 0 saturated carbocycles. The second kappa shape index (κ2) is 10.2. The van der Waals surface area contributed by atoms with Crippen LogP contribution in [0.4, 0.5) is 5.69 Å². The van der Waals surface area contributed by atoms with E-state index in [0.29, 0.717) is 34.4 Å². The van der Waals surface area contributed by atoms with Crippen LogP contribution in [0.15, 0.2) is 54.7 Å². The average molecular weight is 443 g/mol. The molecule has 0 aliphatic carbocycles. The van der Waals surface area contributed by atoms with E-state index in [4.69, 9.17) is 23.2 Å². The summed E-state index contributed by atoms with van der Waals surface area (Å²) < 4.78 is 0. The zero-order valence-electron chi connectivity index (χ0n) is 16.3. The van der Waals surface area contributed by atoms with Gasteiger partial charge in [0.05, 0.1) is 33.6 Å². The first kappa shape index (κ1) is 21.7. The molecule has 6 nitrogen and oxygen atoms in total. The van der Waals surface area contributed by atoms with E-state index in [2.05, 4.69) is 15.3 Å². The predicted octanol–water partition coefficient (Wildman–Crippen LogP) is 4.83. The van der Waals surface area contributed by atoms with Crippen LogP contribution >= 0.6 is 23.2 Å². The van der Waals surface area contributed by atoms with Crippen molar-refractivity contribution < 1.29 is 9.59 Å². The first-order valence-electron chi connectivity index (χ1n) is 9.40. The number of para-hydroxylation sites is 2. The van der Waals surface area contributed by atoms with Crippen molar-refractivity contribution >= 4 is 57.8 Å². The van der Waals surface area contributed by atoms with E-state index < -0.39 is 0 Å². The van der Waals surface area contributed by atoms with E-state index in [9.17, 15) is 9.59 Å². The van der Waals surface area contributed by atoms with E-state index >= 15 is 0 Å². The van der Waals surface area contributed by atoms with Gasteiger partial charge in [-0.05, 0) is 42.8 Å². The number of rotatable bonds is 7. The molecule has 1 heterocycles. The number of anilines is 1. The standard InChI is InChI=1S/C22H20Cl2N4O2/c1-2-11-28(14-21(29)27-20-12-15(23)7-9-17(20)24)22(30)10-8-16-13-25-18-5-3-4-6-19(18)26-16/h3-10,12-13H,2,11,14H2,1H3,(H,27,29)/b10-8+. The first-order chi connectivity index (χ1) is 14.5. The van der Waals surface area contributed by atoms with Gasteiger partial charge in [-0.15, -0.1) is 0 Å². The Kier molecular flexibility index (Phi) is 7.38. The molecule has 0 atom stereocenters. The Bertz CT molecular complexity index is 1100. The van der Waals surface area contributed by atoms with Crippen molar-refractivity contribution in [3.05, 3.63) is 70.5 Å². The van der Waals surface area contributed by atoms with Gasteiger partial charge < -0.3 is 10.2 Å². The zero-order chi connectivity index (χ0) is 21.5. The van der Waals surface area contributed by atoms with E-state index in [-0.39, 0.29) is 18.4 Å². The normalized spacial score (nSPS) is 11.0. The number of hydrogen-bond donors (Lipinski definition) is 1. The molecular formula is C22H20Cl2N4O2. The smallest absolute Gasteiger partial charge is 0.247 e. The molecule has 0 aliphatic heterocycles. The number of fused-ring (bicyclic) bond motifs is 1. The highest BCUT2D eigenvalue weighted by Crippen LogP contribution is 2.25. The highest BCUT2D eigenvalue weighted by molar-refractivity contribution is 6.35. The summed E-state index contributed by atoms with van der Waals surface area (Å²) in [6, 6.07) is 12.3. The van der Waals surface area contributed by atoms with Crippen molar-refractivity contribution in [2.45, 2.75) is 13.3 Å². The molecule has 3 aromatic rings. The number of hydrogen-bond acceptors (Lipinski definition) is 4. The van der Waals surface area contributed by atoms with Crippen LogP contribution in [0.3, 0.4) is 0 Å². The van der Waals surface area contributed by atoms with Gasteiger partial charge in [-0.1, -0.05) is 42.3 Å². The molecule has 1 N–H and O–H groups in total. The van der Waals surface area contributed by atoms with Gasteiger partial charge in [0.2, 0.25) is 11.8 Å². The molecule has 0 aliphatic rings. The van der Waals surface area contributed by atoms with Gasteiger partial charge in [0.15, 0.2) is 0 Å². The minimum absolute atomic E-state index is 0.108. The second-order valence-corrected chi connectivity index (χ2v) is 7.39. The number of benzene rings is 2. The number of aromatic nitrogens is 2. The van der Waals surface area contributed by atoms with Crippen molar-refractivity contribution in [3.8, 4) is 0 Å². The van der Waals surface area contributed by atoms with Gasteiger partial charge in [0.1, 0.15) is 6.54 Å². The van der Waals surface area contributed by atoms with Crippen LogP contribution in [0.2, 0.25) is 10.0 Å². The number of nitrogens with one attached hydrogen (secondary N) is 1. The number of carbonyl (C=O) groups excluding carboxylic acids is 2. The lowest BCUT2D eigenvalue weighted by molar-refractivity contribution is -0.130. The zero-order valence-corrected chi connectivity index (χ0v) is 17.8. The van der Waals surface area contributed by atoms with Gasteiger partial charge >= 0.3 is 0 Å². The summed E-state index contributed by atoms with van der Waals surface area (Å²) in [5.74, 6) is -0.654. The van der Waals surface area contributed by atoms with Gasteiger partial charge in [-0.2, -0.15) is 0 Å². The molecule has 30 heavy (non-hydrogen) atoms. The topological polar surface area (TPSA) is 75.2 Å². The summed E-state index contributed by atoms with van der Waals surface area (Å²) in [5.41, 5.74) is 2.49. The average Bonchev–Trinajstić information content (AvgIpc) is 2.74. The van der Waals surface area contributed by atoms with Crippen LogP contribution in [0.5, 0.6) is 0 Å². The molecule has 0 bridgehead atoms. The molecule has 0 spiro atoms. The van der Waals surface area contributed by atoms with Crippen LogP contribution in [0, 0.1) is 0 Å². The van der Waals surface area contributed by atoms with Crippen molar-refractivity contribution in [2.75, 3.05) is 18.4 Å². The molecule has 0 unspecified atom stereocenters. The molecule has 0 radical (unpaired) electrons. The summed E-state index contributed by atoms with van der Waals surface area (Å²) >= 11 is 12.0. The fraction of sp³-hybridized carbons (Fsp3) is 0.182. The summed E-state index contributed by atoms with van der Waals surface area (Å²) in [5, 5.41) is 3.52. The summed E-state index contributed by atoms with van der Waals surface area (Å²) in [6.07, 6.45) is 5.30. The maximum absolute atomic E-state index is 12.6. The summed E-state index contributed by atoms with van der Waals surface area (Å²) in [6.45, 7) is 2.26. The lowest BCUT2D eigenvalue weighted by Crippen LogP contribution is -2.37. The Labute approximate surface area is 184 Å². The fourth-order valence-corrected chi connectivity index (χ4v) is 3.14. The third kappa shape index (κ3) is 5.78. The van der Waals surface area contributed by atoms with Gasteiger partial charge in [-0.3, -0.25) is 14.6 Å². The minimum Gasteiger partial charge on any atom is -0.330 e. The van der Waals surface area contributed by atoms with Crippen molar-refractivity contribution in [1.29, 1.82) is 0 Å². The maximum Gasteiger partial charge on any atom is 0.247 e. The predicted molar refractivity (Wildman–Crippen MR) is 121 cm³/mol. The Morgan fingerprint density at radius 2 is 1.90 bits per heavy atom. The Balaban J connectivity index is 1.68. The lowest BCUT2D eigenvalue weighted by atomic mass is 10.2. The van der Waals surface area contributed by atoms with Crippen molar-refractivity contribution in [3.63, 3.8) is 0 Å². The molecule has 0 fully saturated rings. The molecule has 1 aromatic heterocycles. The monoisotopic (exact) mass is 442 g/mol. The van der Waals surface area contributed by atoms with Gasteiger partial charge in [0, 0.05) is 17.6 Å². The lowest BCUT2D eigenvalue weighted by Gasteiger charge is -2.20. The Morgan fingerprint density at radius 3 is 2.67 bits per heavy atom. The van der Waals surface area contributed by atoms with Crippen molar-refractivity contribution in [1.82, 2.24) is 14.9 Å². The third-order valence-electron chi connectivity index (χ3n) is 4.21. The van der Waals surface area contributed by atoms with Gasteiger partial charge in [0.25, 0.3) is 0 Å². The van der Waals surface area contributed by atoms with E-state index in [1.54, 1.807) is 30.5 Å². The van der Waals surface area contributed by atoms with Crippen LogP contribution in [0.1, 0.15) is 19.0 Å². The number of halogens is 2. The van der Waals surface area contributed by atoms with Crippen LogP contribution < -0.4 is 5.32 Å². The van der Waals surface area contributed by atoms with Crippen LogP contribution in [-0.2, 0) is 9.59 Å². The molecule has 2 aromatic carbocycles.